The van der Waals surface area contributed by atoms with E-state index in [2.05, 4.69) is 9.88 Å². The number of nitrogens with zero attached hydrogens (tertiary/aromatic N) is 3. The zero-order chi connectivity index (χ0) is 24.2. The molecule has 0 bridgehead atoms. The summed E-state index contributed by atoms with van der Waals surface area (Å²) in [7, 11) is 0. The summed E-state index contributed by atoms with van der Waals surface area (Å²) in [5, 5.41) is 0.281. The molecule has 3 rings (SSSR count). The Hall–Kier alpha value is -2.19. The number of hydrogen-bond donors (Lipinski definition) is 1. The van der Waals surface area contributed by atoms with Crippen LogP contribution in [-0.4, -0.2) is 70.4 Å². The number of carbonyl (C=O) groups is 3. The molecule has 0 spiro atoms. The molecule has 0 aromatic carbocycles. The highest BCUT2D eigenvalue weighted by Gasteiger charge is 2.36. The first-order valence-corrected chi connectivity index (χ1v) is 12.1. The third-order valence-electron chi connectivity index (χ3n) is 6.48. The van der Waals surface area contributed by atoms with Crippen LogP contribution in [0.2, 0.25) is 5.15 Å². The fourth-order valence-electron chi connectivity index (χ4n) is 4.92. The monoisotopic (exact) mass is 478 g/mol. The zero-order valence-corrected chi connectivity index (χ0v) is 20.5. The van der Waals surface area contributed by atoms with E-state index < -0.39 is 5.60 Å². The maximum absolute atomic E-state index is 13.1. The summed E-state index contributed by atoms with van der Waals surface area (Å²) >= 11 is 5.97. The first-order chi connectivity index (χ1) is 15.5. The minimum Gasteiger partial charge on any atom is -0.460 e. The van der Waals surface area contributed by atoms with Crippen molar-refractivity contribution in [1.82, 2.24) is 14.8 Å². The quantitative estimate of drug-likeness (QED) is 0.477. The standard InChI is InChI=1S/C24H35ClN4O4/c1-24(2,3)33-21(30)14-16-7-12-29(23(32)17-6-9-27-20(25)13-17)15-18(16)8-11-28-10-4-5-19(28)22(26)31/h6,9,13,16,18-19H,4-5,7-8,10-12,14-15H2,1-3H3,(H2,26,31). The van der Waals surface area contributed by atoms with Crippen LogP contribution in [0.1, 0.15) is 63.2 Å². The molecule has 1 aromatic heterocycles. The molecule has 8 nitrogen and oxygen atoms in total. The Kier molecular flexibility index (Phi) is 8.34. The molecule has 9 heteroatoms. The van der Waals surface area contributed by atoms with Crippen LogP contribution in [0.4, 0.5) is 0 Å². The van der Waals surface area contributed by atoms with E-state index in [0.29, 0.717) is 38.0 Å². The van der Waals surface area contributed by atoms with Gasteiger partial charge in [0.05, 0.1) is 6.04 Å². The van der Waals surface area contributed by atoms with E-state index in [1.165, 1.54) is 6.20 Å². The summed E-state index contributed by atoms with van der Waals surface area (Å²) in [4.78, 5) is 45.3. The van der Waals surface area contributed by atoms with Crippen molar-refractivity contribution in [2.45, 2.75) is 64.5 Å². The van der Waals surface area contributed by atoms with Gasteiger partial charge in [-0.3, -0.25) is 19.3 Å². The molecule has 0 saturated carbocycles. The smallest absolute Gasteiger partial charge is 0.306 e. The van der Waals surface area contributed by atoms with Crippen molar-refractivity contribution in [1.29, 1.82) is 0 Å². The van der Waals surface area contributed by atoms with Crippen molar-refractivity contribution in [2.75, 3.05) is 26.2 Å². The molecule has 2 N–H and O–H groups in total. The van der Waals surface area contributed by atoms with Crippen molar-refractivity contribution in [2.24, 2.45) is 17.6 Å². The van der Waals surface area contributed by atoms with Crippen LogP contribution in [0, 0.1) is 11.8 Å². The SMILES string of the molecule is CC(C)(C)OC(=O)CC1CCN(C(=O)c2ccnc(Cl)c2)CC1CCN1CCCC1C(N)=O. The van der Waals surface area contributed by atoms with Crippen LogP contribution in [0.5, 0.6) is 0 Å². The number of aromatic nitrogens is 1. The topological polar surface area (TPSA) is 106 Å². The first-order valence-electron chi connectivity index (χ1n) is 11.7. The lowest BCUT2D eigenvalue weighted by atomic mass is 9.80. The lowest BCUT2D eigenvalue weighted by molar-refractivity contribution is -0.156. The number of likely N-dealkylation sites (tertiary alicyclic amines) is 2. The molecule has 33 heavy (non-hydrogen) atoms. The van der Waals surface area contributed by atoms with E-state index >= 15 is 0 Å². The van der Waals surface area contributed by atoms with Crippen LogP contribution in [0.3, 0.4) is 0 Å². The van der Waals surface area contributed by atoms with E-state index in [-0.39, 0.29) is 40.8 Å². The number of hydrogen-bond acceptors (Lipinski definition) is 6. The van der Waals surface area contributed by atoms with Gasteiger partial charge in [-0.2, -0.15) is 0 Å². The van der Waals surface area contributed by atoms with Gasteiger partial charge in [0.25, 0.3) is 5.91 Å². The zero-order valence-electron chi connectivity index (χ0n) is 19.8. The molecule has 2 fully saturated rings. The number of ether oxygens (including phenoxy) is 1. The number of primary amides is 1. The van der Waals surface area contributed by atoms with Gasteiger partial charge < -0.3 is 15.4 Å². The third-order valence-corrected chi connectivity index (χ3v) is 6.69. The minimum absolute atomic E-state index is 0.0868. The predicted molar refractivity (Wildman–Crippen MR) is 126 cm³/mol. The second kappa shape index (κ2) is 10.8. The maximum atomic E-state index is 13.1. The van der Waals surface area contributed by atoms with Gasteiger partial charge in [0.1, 0.15) is 10.8 Å². The Morgan fingerprint density at radius 2 is 1.97 bits per heavy atom. The molecule has 2 amide bonds. The molecule has 3 heterocycles. The summed E-state index contributed by atoms with van der Waals surface area (Å²) in [5.74, 6) is -0.361. The summed E-state index contributed by atoms with van der Waals surface area (Å²) < 4.78 is 5.56. The highest BCUT2D eigenvalue weighted by atomic mass is 35.5. The average Bonchev–Trinajstić information content (AvgIpc) is 3.20. The number of pyridine rings is 1. The summed E-state index contributed by atoms with van der Waals surface area (Å²) in [6.45, 7) is 8.25. The van der Waals surface area contributed by atoms with Gasteiger partial charge in [0.15, 0.2) is 0 Å². The number of nitrogens with two attached hydrogens (primary N) is 1. The minimum atomic E-state index is -0.534. The molecular formula is C24H35ClN4O4. The molecule has 2 aliphatic heterocycles. The number of rotatable bonds is 7. The van der Waals surface area contributed by atoms with E-state index in [1.54, 1.807) is 12.1 Å². The maximum Gasteiger partial charge on any atom is 0.306 e. The summed E-state index contributed by atoms with van der Waals surface area (Å²) in [6.07, 6.45) is 5.08. The predicted octanol–water partition coefficient (Wildman–Crippen LogP) is 2.88. The van der Waals surface area contributed by atoms with Gasteiger partial charge in [-0.1, -0.05) is 11.6 Å². The summed E-state index contributed by atoms with van der Waals surface area (Å²) in [5.41, 5.74) is 5.55. The number of amides is 2. The molecule has 0 radical (unpaired) electrons. The van der Waals surface area contributed by atoms with Crippen molar-refractivity contribution in [3.63, 3.8) is 0 Å². The largest absolute Gasteiger partial charge is 0.460 e. The molecule has 3 unspecified atom stereocenters. The Morgan fingerprint density at radius 1 is 1.21 bits per heavy atom. The molecule has 2 saturated heterocycles. The Labute approximate surface area is 200 Å². The second-order valence-corrected chi connectivity index (χ2v) is 10.5. The molecule has 0 aliphatic carbocycles. The lowest BCUT2D eigenvalue weighted by Crippen LogP contribution is -2.46. The van der Waals surface area contributed by atoms with E-state index in [1.807, 2.05) is 25.7 Å². The highest BCUT2D eigenvalue weighted by molar-refractivity contribution is 6.29. The van der Waals surface area contributed by atoms with Gasteiger partial charge >= 0.3 is 5.97 Å². The molecule has 2 aliphatic rings. The summed E-state index contributed by atoms with van der Waals surface area (Å²) in [6, 6.07) is 3.01. The van der Waals surface area contributed by atoms with Crippen molar-refractivity contribution in [3.05, 3.63) is 29.0 Å². The first kappa shape index (κ1) is 25.4. The van der Waals surface area contributed by atoms with Crippen LogP contribution in [-0.2, 0) is 14.3 Å². The fourth-order valence-corrected chi connectivity index (χ4v) is 5.10. The van der Waals surface area contributed by atoms with E-state index in [0.717, 1.165) is 25.8 Å². The van der Waals surface area contributed by atoms with Crippen LogP contribution in [0.15, 0.2) is 18.3 Å². The molecule has 3 atom stereocenters. The average molecular weight is 479 g/mol. The van der Waals surface area contributed by atoms with E-state index in [4.69, 9.17) is 22.1 Å². The Bertz CT molecular complexity index is 872. The van der Waals surface area contributed by atoms with Gasteiger partial charge in [-0.25, -0.2) is 4.98 Å². The molecular weight excluding hydrogens is 444 g/mol. The number of halogens is 1. The van der Waals surface area contributed by atoms with E-state index in [9.17, 15) is 14.4 Å². The van der Waals surface area contributed by atoms with Crippen LogP contribution in [0.25, 0.3) is 0 Å². The third kappa shape index (κ3) is 7.14. The number of carbonyl (C=O) groups excluding carboxylic acids is 3. The van der Waals surface area contributed by atoms with Gasteiger partial charge in [-0.05, 0) is 83.5 Å². The van der Waals surface area contributed by atoms with Crippen molar-refractivity contribution >= 4 is 29.4 Å². The normalized spacial score (nSPS) is 24.0. The number of esters is 1. The fraction of sp³-hybridized carbons (Fsp3) is 0.667. The Balaban J connectivity index is 1.70. The molecule has 182 valence electrons. The Morgan fingerprint density at radius 3 is 2.64 bits per heavy atom. The highest BCUT2D eigenvalue weighted by Crippen LogP contribution is 2.32. The van der Waals surface area contributed by atoms with Crippen molar-refractivity contribution < 1.29 is 19.1 Å². The van der Waals surface area contributed by atoms with Crippen LogP contribution >= 0.6 is 11.6 Å². The lowest BCUT2D eigenvalue weighted by Gasteiger charge is -2.39. The van der Waals surface area contributed by atoms with Crippen LogP contribution < -0.4 is 5.73 Å². The van der Waals surface area contributed by atoms with Gasteiger partial charge in [0, 0.05) is 31.3 Å². The van der Waals surface area contributed by atoms with Gasteiger partial charge in [0.2, 0.25) is 5.91 Å². The molecule has 1 aromatic rings. The number of piperidine rings is 1. The second-order valence-electron chi connectivity index (χ2n) is 10.1. The van der Waals surface area contributed by atoms with Crippen molar-refractivity contribution in [3.8, 4) is 0 Å². The van der Waals surface area contributed by atoms with Gasteiger partial charge in [-0.15, -0.1) is 0 Å².